The van der Waals surface area contributed by atoms with Crippen LogP contribution in [0.2, 0.25) is 0 Å². The molecule has 5 heterocycles. The highest BCUT2D eigenvalue weighted by Crippen LogP contribution is 2.32. The predicted molar refractivity (Wildman–Crippen MR) is 115 cm³/mol. The number of aromatic nitrogens is 7. The fourth-order valence-corrected chi connectivity index (χ4v) is 3.69. The number of pyridine rings is 3. The van der Waals surface area contributed by atoms with Crippen LogP contribution in [0.3, 0.4) is 0 Å². The molecule has 5 aromatic heterocycles. The van der Waals surface area contributed by atoms with Crippen molar-refractivity contribution in [3.63, 3.8) is 0 Å². The van der Waals surface area contributed by atoms with Crippen molar-refractivity contribution in [2.45, 2.75) is 0 Å². The Kier molecular flexibility index (Phi) is 3.82. The molecule has 0 spiro atoms. The molecule has 31 heavy (non-hydrogen) atoms. The molecule has 8 heteroatoms. The average molecular weight is 407 g/mol. The van der Waals surface area contributed by atoms with Crippen molar-refractivity contribution in [1.29, 1.82) is 0 Å². The van der Waals surface area contributed by atoms with E-state index in [1.807, 2.05) is 18.2 Å². The minimum absolute atomic E-state index is 0.321. The number of H-pyrrole nitrogens is 2. The van der Waals surface area contributed by atoms with Gasteiger partial charge in [0.2, 0.25) is 0 Å². The maximum Gasteiger partial charge on any atom is 0.159 e. The molecular formula is C23H14FN7. The zero-order valence-electron chi connectivity index (χ0n) is 16.0. The topological polar surface area (TPSA) is 96.0 Å². The Balaban J connectivity index is 1.53. The van der Waals surface area contributed by atoms with E-state index in [1.165, 1.54) is 6.07 Å². The summed E-state index contributed by atoms with van der Waals surface area (Å²) in [6.45, 7) is 0. The van der Waals surface area contributed by atoms with Crippen LogP contribution in [-0.4, -0.2) is 35.1 Å². The van der Waals surface area contributed by atoms with Crippen LogP contribution < -0.4 is 0 Å². The zero-order chi connectivity index (χ0) is 20.8. The first-order valence-electron chi connectivity index (χ1n) is 9.61. The molecule has 0 atom stereocenters. The number of fused-ring (bicyclic) bond motifs is 2. The lowest BCUT2D eigenvalue weighted by atomic mass is 10.1. The molecule has 0 fully saturated rings. The second-order valence-electron chi connectivity index (χ2n) is 7.08. The fourth-order valence-electron chi connectivity index (χ4n) is 3.69. The third-order valence-corrected chi connectivity index (χ3v) is 5.19. The predicted octanol–water partition coefficient (Wildman–Crippen LogP) is 4.76. The van der Waals surface area contributed by atoms with Crippen molar-refractivity contribution < 1.29 is 4.39 Å². The second kappa shape index (κ2) is 6.81. The Morgan fingerprint density at radius 3 is 2.65 bits per heavy atom. The van der Waals surface area contributed by atoms with Gasteiger partial charge in [-0.25, -0.2) is 9.37 Å². The van der Waals surface area contributed by atoms with E-state index in [-0.39, 0.29) is 5.82 Å². The van der Waals surface area contributed by atoms with Crippen LogP contribution in [0.1, 0.15) is 0 Å². The van der Waals surface area contributed by atoms with Crippen molar-refractivity contribution in [3.05, 3.63) is 79.3 Å². The first kappa shape index (κ1) is 17.4. The summed E-state index contributed by atoms with van der Waals surface area (Å²) in [7, 11) is 0. The summed E-state index contributed by atoms with van der Waals surface area (Å²) in [6, 6.07) is 12.4. The molecule has 148 valence electrons. The molecule has 6 aromatic rings. The van der Waals surface area contributed by atoms with Gasteiger partial charge in [0.05, 0.1) is 29.1 Å². The summed E-state index contributed by atoms with van der Waals surface area (Å²) >= 11 is 0. The monoisotopic (exact) mass is 407 g/mol. The fraction of sp³-hybridized carbons (Fsp3) is 0. The molecule has 0 radical (unpaired) electrons. The van der Waals surface area contributed by atoms with Gasteiger partial charge in [0.1, 0.15) is 17.0 Å². The lowest BCUT2D eigenvalue weighted by Gasteiger charge is -2.03. The number of rotatable bonds is 3. The highest BCUT2D eigenvalue weighted by Gasteiger charge is 2.17. The summed E-state index contributed by atoms with van der Waals surface area (Å²) in [6.07, 6.45) is 8.53. The molecule has 1 aromatic carbocycles. The van der Waals surface area contributed by atoms with Crippen molar-refractivity contribution in [3.8, 4) is 33.9 Å². The van der Waals surface area contributed by atoms with E-state index in [4.69, 9.17) is 4.98 Å². The van der Waals surface area contributed by atoms with E-state index in [0.29, 0.717) is 33.7 Å². The van der Waals surface area contributed by atoms with Gasteiger partial charge in [-0.2, -0.15) is 5.10 Å². The van der Waals surface area contributed by atoms with Crippen LogP contribution in [0.25, 0.3) is 55.8 Å². The summed E-state index contributed by atoms with van der Waals surface area (Å²) < 4.78 is 14.4. The van der Waals surface area contributed by atoms with Crippen LogP contribution in [0.4, 0.5) is 4.39 Å². The van der Waals surface area contributed by atoms with E-state index in [9.17, 15) is 4.39 Å². The molecular weight excluding hydrogens is 393 g/mol. The first-order chi connectivity index (χ1) is 15.3. The Bertz CT molecular complexity index is 1550. The highest BCUT2D eigenvalue weighted by atomic mass is 19.1. The Labute approximate surface area is 175 Å². The van der Waals surface area contributed by atoms with Crippen LogP contribution in [0, 0.1) is 5.82 Å². The molecule has 0 aliphatic heterocycles. The van der Waals surface area contributed by atoms with E-state index < -0.39 is 0 Å². The Morgan fingerprint density at radius 2 is 1.77 bits per heavy atom. The van der Waals surface area contributed by atoms with Gasteiger partial charge in [-0.15, -0.1) is 0 Å². The second-order valence-corrected chi connectivity index (χ2v) is 7.08. The molecule has 0 unspecified atom stereocenters. The normalized spacial score (nSPS) is 11.4. The van der Waals surface area contributed by atoms with Gasteiger partial charge in [0.15, 0.2) is 5.82 Å². The van der Waals surface area contributed by atoms with Gasteiger partial charge in [0.25, 0.3) is 0 Å². The smallest absolute Gasteiger partial charge is 0.159 e. The van der Waals surface area contributed by atoms with Crippen LogP contribution in [-0.2, 0) is 0 Å². The summed E-state index contributed by atoms with van der Waals surface area (Å²) in [4.78, 5) is 20.9. The van der Waals surface area contributed by atoms with Crippen LogP contribution in [0.15, 0.2) is 73.4 Å². The minimum Gasteiger partial charge on any atom is -0.335 e. The lowest BCUT2D eigenvalue weighted by Crippen LogP contribution is -1.87. The van der Waals surface area contributed by atoms with Crippen LogP contribution in [0.5, 0.6) is 0 Å². The number of hydrogen-bond acceptors (Lipinski definition) is 5. The number of halogens is 1. The molecule has 7 nitrogen and oxygen atoms in total. The maximum atomic E-state index is 14.4. The highest BCUT2D eigenvalue weighted by molar-refractivity contribution is 5.97. The molecule has 0 saturated heterocycles. The number of hydrogen-bond donors (Lipinski definition) is 2. The summed E-state index contributed by atoms with van der Waals surface area (Å²) in [5, 5.41) is 8.32. The molecule has 0 saturated carbocycles. The Morgan fingerprint density at radius 1 is 0.839 bits per heavy atom. The van der Waals surface area contributed by atoms with E-state index in [0.717, 1.165) is 22.2 Å². The molecule has 0 bridgehead atoms. The number of benzene rings is 1. The average Bonchev–Trinajstić information content (AvgIpc) is 3.43. The number of imidazole rings is 1. The van der Waals surface area contributed by atoms with Gasteiger partial charge < -0.3 is 4.98 Å². The van der Waals surface area contributed by atoms with Crippen molar-refractivity contribution >= 4 is 21.9 Å². The van der Waals surface area contributed by atoms with Gasteiger partial charge in [0, 0.05) is 40.7 Å². The molecule has 0 aliphatic rings. The molecule has 6 rings (SSSR count). The number of nitrogens with zero attached hydrogens (tertiary/aromatic N) is 5. The maximum absolute atomic E-state index is 14.4. The van der Waals surface area contributed by atoms with Crippen molar-refractivity contribution in [1.82, 2.24) is 35.1 Å². The molecule has 0 aliphatic carbocycles. The van der Waals surface area contributed by atoms with Gasteiger partial charge in [-0.1, -0.05) is 18.2 Å². The molecule has 0 amide bonds. The number of aromatic amines is 2. The number of nitrogens with one attached hydrogen (secondary N) is 2. The third-order valence-electron chi connectivity index (χ3n) is 5.19. The van der Waals surface area contributed by atoms with Crippen molar-refractivity contribution in [2.75, 3.05) is 0 Å². The van der Waals surface area contributed by atoms with Crippen molar-refractivity contribution in [2.24, 2.45) is 0 Å². The third kappa shape index (κ3) is 2.84. The van der Waals surface area contributed by atoms with Gasteiger partial charge >= 0.3 is 0 Å². The SMILES string of the molecule is Fc1ccccc1-c1cncc2[nH]c(-c3n[nH]c4cnc(-c5cccnc5)cc34)nc12. The van der Waals surface area contributed by atoms with E-state index in [2.05, 4.69) is 30.1 Å². The van der Waals surface area contributed by atoms with Gasteiger partial charge in [-0.3, -0.25) is 20.1 Å². The molecule has 2 N–H and O–H groups in total. The van der Waals surface area contributed by atoms with Gasteiger partial charge in [-0.05, 0) is 24.3 Å². The standard InChI is InChI=1S/C23H14FN7/c24-17-6-2-1-5-14(17)16-10-26-11-20-21(16)29-23(28-20)22-15-8-18(13-4-3-7-25-9-13)27-12-19(15)30-31-22/h1-12H,(H,28,29)(H,30,31). The summed E-state index contributed by atoms with van der Waals surface area (Å²) in [5.41, 5.74) is 5.54. The zero-order valence-corrected chi connectivity index (χ0v) is 16.0. The lowest BCUT2D eigenvalue weighted by molar-refractivity contribution is 0.631. The largest absolute Gasteiger partial charge is 0.335 e. The van der Waals surface area contributed by atoms with Crippen LogP contribution >= 0.6 is 0 Å². The summed E-state index contributed by atoms with van der Waals surface area (Å²) in [5.74, 6) is 0.244. The van der Waals surface area contributed by atoms with E-state index >= 15 is 0 Å². The minimum atomic E-state index is -0.321. The first-order valence-corrected chi connectivity index (χ1v) is 9.61. The quantitative estimate of drug-likeness (QED) is 0.441. The van der Waals surface area contributed by atoms with E-state index in [1.54, 1.807) is 49.2 Å². The Hall–Kier alpha value is -4.46.